The molecule has 23 heavy (non-hydrogen) atoms. The van der Waals surface area contributed by atoms with Crippen LogP contribution in [-0.2, 0) is 16.1 Å². The van der Waals surface area contributed by atoms with E-state index < -0.39 is 12.0 Å². The molecule has 0 saturated heterocycles. The van der Waals surface area contributed by atoms with E-state index in [9.17, 15) is 4.79 Å². The average molecular weight is 334 g/mol. The van der Waals surface area contributed by atoms with Gasteiger partial charge in [0.1, 0.15) is 6.04 Å². The molecule has 2 aromatic rings. The van der Waals surface area contributed by atoms with Gasteiger partial charge in [-0.15, -0.1) is 5.10 Å². The molecular weight excluding hydrogens is 316 g/mol. The van der Waals surface area contributed by atoms with Gasteiger partial charge in [-0.2, -0.15) is 10.1 Å². The van der Waals surface area contributed by atoms with Gasteiger partial charge < -0.3 is 10.1 Å². The van der Waals surface area contributed by atoms with E-state index in [1.807, 2.05) is 30.9 Å². The first-order chi connectivity index (χ1) is 11.1. The highest BCUT2D eigenvalue weighted by Gasteiger charge is 2.36. The van der Waals surface area contributed by atoms with Crippen LogP contribution in [0.5, 0.6) is 0 Å². The van der Waals surface area contributed by atoms with Crippen LogP contribution in [0, 0.1) is 0 Å². The fourth-order valence-corrected chi connectivity index (χ4v) is 3.05. The number of nitrogens with zero attached hydrogens (tertiary/aromatic N) is 5. The molecule has 9 heteroatoms. The monoisotopic (exact) mass is 334 g/mol. The van der Waals surface area contributed by atoms with E-state index in [-0.39, 0.29) is 0 Å². The second-order valence-electron chi connectivity index (χ2n) is 5.00. The van der Waals surface area contributed by atoms with Crippen LogP contribution in [0.15, 0.2) is 28.7 Å². The number of rotatable bonds is 4. The van der Waals surface area contributed by atoms with Crippen LogP contribution < -0.4 is 5.32 Å². The lowest BCUT2D eigenvalue weighted by molar-refractivity contribution is -0.136. The average Bonchev–Trinajstić information content (AvgIpc) is 3.18. The van der Waals surface area contributed by atoms with Crippen molar-refractivity contribution < 1.29 is 9.53 Å². The predicted molar refractivity (Wildman–Crippen MR) is 86.2 cm³/mol. The quantitative estimate of drug-likeness (QED) is 0.672. The van der Waals surface area contributed by atoms with Crippen molar-refractivity contribution in [3.05, 3.63) is 29.2 Å². The van der Waals surface area contributed by atoms with Gasteiger partial charge in [0.25, 0.3) is 0 Å². The number of anilines is 1. The van der Waals surface area contributed by atoms with Crippen molar-refractivity contribution in [1.29, 1.82) is 0 Å². The molecule has 1 aliphatic rings. The van der Waals surface area contributed by atoms with Gasteiger partial charge in [-0.25, -0.2) is 9.48 Å². The Bertz CT molecular complexity index is 778. The minimum Gasteiger partial charge on any atom is -0.466 e. The summed E-state index contributed by atoms with van der Waals surface area (Å²) in [6.45, 7) is 4.53. The number of carbonyl (C=O) groups is 1. The maximum absolute atomic E-state index is 12.4. The summed E-state index contributed by atoms with van der Waals surface area (Å²) in [7, 11) is 1.38. The Hall–Kier alpha value is -2.29. The lowest BCUT2D eigenvalue weighted by atomic mass is 10.0. The van der Waals surface area contributed by atoms with E-state index in [0.29, 0.717) is 28.9 Å². The maximum Gasteiger partial charge on any atom is 0.338 e. The molecule has 0 spiro atoms. The molecule has 3 heterocycles. The molecule has 3 rings (SSSR count). The fraction of sp³-hybridized carbons (Fsp3) is 0.429. The SMILES string of the molecule is CCn1nccc1[C@@H]1C(C(=O)OC)=C(C)Nc2nc(SC)nn21. The van der Waals surface area contributed by atoms with Crippen molar-refractivity contribution in [2.24, 2.45) is 0 Å². The number of ether oxygens (including phenoxy) is 1. The number of hydrogen-bond donors (Lipinski definition) is 1. The summed E-state index contributed by atoms with van der Waals surface area (Å²) in [6, 6.07) is 1.47. The van der Waals surface area contributed by atoms with Crippen molar-refractivity contribution in [3.8, 4) is 0 Å². The largest absolute Gasteiger partial charge is 0.466 e. The van der Waals surface area contributed by atoms with Crippen LogP contribution in [0.1, 0.15) is 25.6 Å². The van der Waals surface area contributed by atoms with Crippen LogP contribution in [0.2, 0.25) is 0 Å². The fourth-order valence-electron chi connectivity index (χ4n) is 2.71. The number of esters is 1. The minimum absolute atomic E-state index is 0.393. The van der Waals surface area contributed by atoms with Crippen LogP contribution in [0.3, 0.4) is 0 Å². The summed E-state index contributed by atoms with van der Waals surface area (Å²) < 4.78 is 8.54. The third-order valence-electron chi connectivity index (χ3n) is 3.75. The summed E-state index contributed by atoms with van der Waals surface area (Å²) in [5, 5.41) is 12.6. The number of hydrogen-bond acceptors (Lipinski definition) is 7. The third kappa shape index (κ3) is 2.50. The van der Waals surface area contributed by atoms with Gasteiger partial charge in [0, 0.05) is 18.4 Å². The smallest absolute Gasteiger partial charge is 0.338 e. The first-order valence-electron chi connectivity index (χ1n) is 7.19. The minimum atomic E-state index is -0.422. The summed E-state index contributed by atoms with van der Waals surface area (Å²) in [6.07, 6.45) is 3.63. The first kappa shape index (κ1) is 15.6. The van der Waals surface area contributed by atoms with Crippen molar-refractivity contribution in [2.45, 2.75) is 31.6 Å². The van der Waals surface area contributed by atoms with Gasteiger partial charge >= 0.3 is 5.97 Å². The van der Waals surface area contributed by atoms with Gasteiger partial charge in [0.05, 0.1) is 18.4 Å². The van der Waals surface area contributed by atoms with Crippen LogP contribution in [0.25, 0.3) is 0 Å². The van der Waals surface area contributed by atoms with Gasteiger partial charge in [-0.05, 0) is 26.2 Å². The van der Waals surface area contributed by atoms with Crippen molar-refractivity contribution >= 4 is 23.7 Å². The molecule has 0 bridgehead atoms. The zero-order valence-electron chi connectivity index (χ0n) is 13.4. The molecule has 0 aromatic carbocycles. The van der Waals surface area contributed by atoms with E-state index in [1.54, 1.807) is 10.9 Å². The lowest BCUT2D eigenvalue weighted by Crippen LogP contribution is -2.30. The number of thioether (sulfide) groups is 1. The number of allylic oxidation sites excluding steroid dienone is 1. The van der Waals surface area contributed by atoms with Gasteiger partial charge in [-0.3, -0.25) is 4.68 Å². The molecular formula is C14H18N6O2S. The van der Waals surface area contributed by atoms with Crippen molar-refractivity contribution in [3.63, 3.8) is 0 Å². The second kappa shape index (κ2) is 6.07. The highest BCUT2D eigenvalue weighted by atomic mass is 32.2. The number of aromatic nitrogens is 5. The number of nitrogens with one attached hydrogen (secondary N) is 1. The van der Waals surface area contributed by atoms with E-state index >= 15 is 0 Å². The zero-order chi connectivity index (χ0) is 16.6. The Morgan fingerprint density at radius 3 is 2.96 bits per heavy atom. The zero-order valence-corrected chi connectivity index (χ0v) is 14.2. The molecule has 0 aliphatic carbocycles. The van der Waals surface area contributed by atoms with Crippen molar-refractivity contribution in [2.75, 3.05) is 18.7 Å². The molecule has 1 atom stereocenters. The summed E-state index contributed by atoms with van der Waals surface area (Å²) in [5.74, 6) is 0.212. The molecule has 8 nitrogen and oxygen atoms in total. The van der Waals surface area contributed by atoms with Crippen LogP contribution in [0.4, 0.5) is 5.95 Å². The highest BCUT2D eigenvalue weighted by molar-refractivity contribution is 7.98. The third-order valence-corrected chi connectivity index (χ3v) is 4.29. The Labute approximate surface area is 137 Å². The van der Waals surface area contributed by atoms with Crippen LogP contribution >= 0.6 is 11.8 Å². The number of aryl methyl sites for hydroxylation is 1. The Balaban J connectivity index is 2.21. The normalized spacial score (nSPS) is 17.0. The van der Waals surface area contributed by atoms with Gasteiger partial charge in [-0.1, -0.05) is 11.8 Å². The summed E-state index contributed by atoms with van der Waals surface area (Å²) >= 11 is 1.45. The molecule has 1 aliphatic heterocycles. The van der Waals surface area contributed by atoms with E-state index in [1.165, 1.54) is 18.9 Å². The second-order valence-corrected chi connectivity index (χ2v) is 5.77. The standard InChI is InChI=1S/C14H18N6O2S/c1-5-19-9(6-7-15-19)11-10(12(21)22-3)8(2)16-13-17-14(23-4)18-20(11)13/h6-7,11H,5H2,1-4H3,(H,16,17,18)/t11-/m1/s1. The predicted octanol–water partition coefficient (Wildman–Crippen LogP) is 1.68. The van der Waals surface area contributed by atoms with Gasteiger partial charge in [0.2, 0.25) is 11.1 Å². The number of carbonyl (C=O) groups excluding carboxylic acids is 1. The molecule has 0 fully saturated rings. The van der Waals surface area contributed by atoms with E-state index in [0.717, 1.165) is 5.69 Å². The Morgan fingerprint density at radius 1 is 1.52 bits per heavy atom. The van der Waals surface area contributed by atoms with Crippen LogP contribution in [-0.4, -0.2) is 43.9 Å². The Kier molecular flexibility index (Phi) is 4.12. The maximum atomic E-state index is 12.4. The Morgan fingerprint density at radius 2 is 2.30 bits per heavy atom. The highest BCUT2D eigenvalue weighted by Crippen LogP contribution is 2.36. The summed E-state index contributed by atoms with van der Waals surface area (Å²) in [5.41, 5.74) is 2.08. The van der Waals surface area contributed by atoms with E-state index in [4.69, 9.17) is 4.74 Å². The topological polar surface area (TPSA) is 86.9 Å². The summed E-state index contributed by atoms with van der Waals surface area (Å²) in [4.78, 5) is 16.8. The molecule has 2 aromatic heterocycles. The molecule has 122 valence electrons. The molecule has 0 amide bonds. The number of methoxy groups -OCH3 is 1. The van der Waals surface area contributed by atoms with Crippen molar-refractivity contribution in [1.82, 2.24) is 24.5 Å². The molecule has 0 saturated carbocycles. The molecule has 0 unspecified atom stereocenters. The number of fused-ring (bicyclic) bond motifs is 1. The first-order valence-corrected chi connectivity index (χ1v) is 8.41. The molecule has 0 radical (unpaired) electrons. The molecule has 1 N–H and O–H groups in total. The van der Waals surface area contributed by atoms with Gasteiger partial charge in [0.15, 0.2) is 0 Å². The van der Waals surface area contributed by atoms with E-state index in [2.05, 4.69) is 20.5 Å². The lowest BCUT2D eigenvalue weighted by Gasteiger charge is -2.27.